The first kappa shape index (κ1) is 15.4. The summed E-state index contributed by atoms with van der Waals surface area (Å²) in [5.41, 5.74) is -0.490. The molecule has 0 spiro atoms. The van der Waals surface area contributed by atoms with Crippen LogP contribution in [0.1, 0.15) is 16.8 Å². The zero-order valence-corrected chi connectivity index (χ0v) is 12.5. The average Bonchev–Trinajstić information content (AvgIpc) is 2.83. The molecule has 6 nitrogen and oxygen atoms in total. The third-order valence-corrected chi connectivity index (χ3v) is 4.06. The Morgan fingerprint density at radius 2 is 2.20 bits per heavy atom. The van der Waals surface area contributed by atoms with Gasteiger partial charge >= 0.3 is 5.97 Å². The van der Waals surface area contributed by atoms with Crippen molar-refractivity contribution in [3.05, 3.63) is 28.0 Å². The highest BCUT2D eigenvalue weighted by Gasteiger charge is 2.26. The Hall–Kier alpha value is -1.03. The number of carbonyl (C=O) groups excluding carboxylic acids is 1. The second-order valence-corrected chi connectivity index (χ2v) is 6.65. The summed E-state index contributed by atoms with van der Waals surface area (Å²) in [6.45, 7) is 0.699. The van der Waals surface area contributed by atoms with E-state index in [1.54, 1.807) is 0 Å². The smallest absolute Gasteiger partial charge is 0.341 e. The van der Waals surface area contributed by atoms with Crippen LogP contribution in [0.25, 0.3) is 0 Å². The number of nitrogens with two attached hydrogens (primary N) is 1. The van der Waals surface area contributed by atoms with Crippen LogP contribution in [-0.4, -0.2) is 33.7 Å². The van der Waals surface area contributed by atoms with E-state index in [0.717, 1.165) is 12.1 Å². The second-order valence-electron chi connectivity index (χ2n) is 4.20. The maximum Gasteiger partial charge on any atom is 0.341 e. The van der Waals surface area contributed by atoms with Crippen molar-refractivity contribution in [1.29, 1.82) is 0 Å². The fourth-order valence-corrected chi connectivity index (χ4v) is 3.00. The molecule has 1 aliphatic rings. The molecule has 0 bridgehead atoms. The van der Waals surface area contributed by atoms with Crippen molar-refractivity contribution in [2.45, 2.75) is 17.4 Å². The molecule has 1 aromatic carbocycles. The standard InChI is InChI=1S/C11H11BrFNO5S/c12-6-3-8(10(13)9(4-6)20(14,16)17)11(15)19-7-1-2-18-5-7/h3-4,7H,1-2,5H2,(H2,14,16,17). The molecule has 0 radical (unpaired) electrons. The van der Waals surface area contributed by atoms with E-state index in [1.807, 2.05) is 0 Å². The summed E-state index contributed by atoms with van der Waals surface area (Å²) in [6.07, 6.45) is 0.0578. The lowest BCUT2D eigenvalue weighted by Crippen LogP contribution is -2.21. The van der Waals surface area contributed by atoms with Crippen molar-refractivity contribution in [2.24, 2.45) is 5.14 Å². The molecule has 2 N–H and O–H groups in total. The molecule has 0 saturated carbocycles. The first-order valence-electron chi connectivity index (χ1n) is 5.59. The quantitative estimate of drug-likeness (QED) is 0.809. The van der Waals surface area contributed by atoms with E-state index in [-0.39, 0.29) is 11.1 Å². The molecule has 0 aliphatic carbocycles. The van der Waals surface area contributed by atoms with E-state index in [4.69, 9.17) is 14.6 Å². The maximum absolute atomic E-state index is 14.1. The van der Waals surface area contributed by atoms with Crippen LogP contribution in [0.5, 0.6) is 0 Å². The van der Waals surface area contributed by atoms with E-state index in [9.17, 15) is 17.6 Å². The van der Waals surface area contributed by atoms with Crippen LogP contribution in [0.4, 0.5) is 4.39 Å². The van der Waals surface area contributed by atoms with Crippen LogP contribution in [0.15, 0.2) is 21.5 Å². The van der Waals surface area contributed by atoms with Crippen molar-refractivity contribution in [1.82, 2.24) is 0 Å². The SMILES string of the molecule is NS(=O)(=O)c1cc(Br)cc(C(=O)OC2CCOC2)c1F. The summed E-state index contributed by atoms with van der Waals surface area (Å²) < 4.78 is 46.9. The van der Waals surface area contributed by atoms with Gasteiger partial charge in [-0.3, -0.25) is 0 Å². The highest BCUT2D eigenvalue weighted by Crippen LogP contribution is 2.24. The molecule has 0 amide bonds. The summed E-state index contributed by atoms with van der Waals surface area (Å²) in [5, 5.41) is 4.90. The Balaban J connectivity index is 2.36. The molecular weight excluding hydrogens is 357 g/mol. The van der Waals surface area contributed by atoms with E-state index in [2.05, 4.69) is 15.9 Å². The number of halogens is 2. The number of sulfonamides is 1. The zero-order valence-electron chi connectivity index (χ0n) is 10.1. The maximum atomic E-state index is 14.1. The number of rotatable bonds is 3. The molecule has 0 aromatic heterocycles. The van der Waals surface area contributed by atoms with Gasteiger partial charge in [0.15, 0.2) is 5.82 Å². The number of ether oxygens (including phenoxy) is 2. The van der Waals surface area contributed by atoms with Gasteiger partial charge in [0.2, 0.25) is 10.0 Å². The summed E-state index contributed by atoms with van der Waals surface area (Å²) >= 11 is 3.00. The summed E-state index contributed by atoms with van der Waals surface area (Å²) in [4.78, 5) is 11.1. The van der Waals surface area contributed by atoms with E-state index < -0.39 is 38.4 Å². The molecule has 1 fully saturated rings. The van der Waals surface area contributed by atoms with Crippen LogP contribution >= 0.6 is 15.9 Å². The zero-order chi connectivity index (χ0) is 14.9. The highest BCUT2D eigenvalue weighted by molar-refractivity contribution is 9.10. The van der Waals surface area contributed by atoms with Crippen molar-refractivity contribution in [2.75, 3.05) is 13.2 Å². The largest absolute Gasteiger partial charge is 0.456 e. The fourth-order valence-electron chi connectivity index (χ4n) is 1.74. The van der Waals surface area contributed by atoms with Gasteiger partial charge in [0.05, 0.1) is 18.8 Å². The summed E-state index contributed by atoms with van der Waals surface area (Å²) in [7, 11) is -4.28. The Bertz CT molecular complexity index is 642. The molecule has 2 rings (SSSR count). The minimum absolute atomic E-state index is 0.206. The average molecular weight is 368 g/mol. The molecule has 1 aliphatic heterocycles. The predicted molar refractivity (Wildman–Crippen MR) is 70.1 cm³/mol. The summed E-state index contributed by atoms with van der Waals surface area (Å²) in [5.74, 6) is -2.18. The number of benzene rings is 1. The predicted octanol–water partition coefficient (Wildman–Crippen LogP) is 1.18. The number of primary sulfonamides is 1. The van der Waals surface area contributed by atoms with E-state index >= 15 is 0 Å². The van der Waals surface area contributed by atoms with Crippen LogP contribution in [0.2, 0.25) is 0 Å². The molecule has 1 unspecified atom stereocenters. The Labute approximate surface area is 123 Å². The Morgan fingerprint density at radius 1 is 1.50 bits per heavy atom. The van der Waals surface area contributed by atoms with Gasteiger partial charge in [0, 0.05) is 10.9 Å². The normalized spacial score (nSPS) is 19.1. The van der Waals surface area contributed by atoms with Gasteiger partial charge in [-0.05, 0) is 12.1 Å². The molecule has 1 saturated heterocycles. The van der Waals surface area contributed by atoms with Crippen LogP contribution in [-0.2, 0) is 19.5 Å². The topological polar surface area (TPSA) is 95.7 Å². The van der Waals surface area contributed by atoms with Gasteiger partial charge in [-0.15, -0.1) is 0 Å². The Morgan fingerprint density at radius 3 is 2.75 bits per heavy atom. The summed E-state index contributed by atoms with van der Waals surface area (Å²) in [6, 6.07) is 2.13. The van der Waals surface area contributed by atoms with E-state index in [0.29, 0.717) is 13.0 Å². The highest BCUT2D eigenvalue weighted by atomic mass is 79.9. The van der Waals surface area contributed by atoms with Crippen LogP contribution in [0, 0.1) is 5.82 Å². The third-order valence-electron chi connectivity index (χ3n) is 2.69. The van der Waals surface area contributed by atoms with Crippen molar-refractivity contribution < 1.29 is 27.1 Å². The number of carbonyl (C=O) groups is 1. The molecular formula is C11H11BrFNO5S. The lowest BCUT2D eigenvalue weighted by molar-refractivity contribution is 0.0265. The molecule has 110 valence electrons. The lowest BCUT2D eigenvalue weighted by atomic mass is 10.2. The minimum atomic E-state index is -4.28. The van der Waals surface area contributed by atoms with Gasteiger partial charge in [-0.25, -0.2) is 22.7 Å². The first-order valence-corrected chi connectivity index (χ1v) is 7.93. The molecule has 20 heavy (non-hydrogen) atoms. The van der Waals surface area contributed by atoms with Gasteiger partial charge in [0.1, 0.15) is 11.0 Å². The van der Waals surface area contributed by atoms with Crippen LogP contribution in [0.3, 0.4) is 0 Å². The molecule has 1 atom stereocenters. The van der Waals surface area contributed by atoms with Crippen LogP contribution < -0.4 is 5.14 Å². The molecule has 1 aromatic rings. The Kier molecular flexibility index (Phi) is 4.43. The fraction of sp³-hybridized carbons (Fsp3) is 0.364. The third kappa shape index (κ3) is 3.35. The minimum Gasteiger partial charge on any atom is -0.456 e. The van der Waals surface area contributed by atoms with Crippen molar-refractivity contribution >= 4 is 31.9 Å². The second kappa shape index (κ2) is 5.76. The first-order chi connectivity index (χ1) is 9.29. The molecule has 1 heterocycles. The number of esters is 1. The van der Waals surface area contributed by atoms with Gasteiger partial charge < -0.3 is 9.47 Å². The van der Waals surface area contributed by atoms with Gasteiger partial charge in [0.25, 0.3) is 0 Å². The number of hydrogen-bond donors (Lipinski definition) is 1. The monoisotopic (exact) mass is 367 g/mol. The van der Waals surface area contributed by atoms with Crippen molar-refractivity contribution in [3.63, 3.8) is 0 Å². The van der Waals surface area contributed by atoms with Gasteiger partial charge in [-0.1, -0.05) is 15.9 Å². The lowest BCUT2D eigenvalue weighted by Gasteiger charge is -2.12. The van der Waals surface area contributed by atoms with E-state index in [1.165, 1.54) is 0 Å². The van der Waals surface area contributed by atoms with Crippen molar-refractivity contribution in [3.8, 4) is 0 Å². The number of hydrogen-bond acceptors (Lipinski definition) is 5. The molecule has 9 heteroatoms. The van der Waals surface area contributed by atoms with Gasteiger partial charge in [-0.2, -0.15) is 0 Å².